The highest BCUT2D eigenvalue weighted by atomic mass is 19.1. The molecule has 1 aromatic rings. The minimum Gasteiger partial charge on any atom is -0.450 e. The van der Waals surface area contributed by atoms with Crippen molar-refractivity contribution in [2.24, 2.45) is 17.6 Å². The molecule has 0 heterocycles. The second-order valence-electron chi connectivity index (χ2n) is 6.75. The summed E-state index contributed by atoms with van der Waals surface area (Å²) in [7, 11) is 0. The normalized spacial score (nSPS) is 13.0. The molecule has 8 nitrogen and oxygen atoms in total. The molecular formula is C18H23F2N3O5. The molecule has 0 unspecified atom stereocenters. The van der Waals surface area contributed by atoms with Gasteiger partial charge in [-0.25, -0.2) is 18.4 Å². The number of imide groups is 1. The molecule has 0 bridgehead atoms. The van der Waals surface area contributed by atoms with Crippen molar-refractivity contribution in [3.05, 3.63) is 35.4 Å². The molecule has 0 spiro atoms. The average molecular weight is 399 g/mol. The van der Waals surface area contributed by atoms with Gasteiger partial charge >= 0.3 is 12.0 Å². The average Bonchev–Trinajstić information content (AvgIpc) is 2.55. The summed E-state index contributed by atoms with van der Waals surface area (Å²) in [6.45, 7) is 6.27. The van der Waals surface area contributed by atoms with Crippen LogP contribution in [0.3, 0.4) is 0 Å². The second kappa shape index (κ2) is 9.77. The number of urea groups is 1. The third-order valence-corrected chi connectivity index (χ3v) is 3.75. The molecule has 1 rings (SSSR count). The van der Waals surface area contributed by atoms with Crippen molar-refractivity contribution in [1.82, 2.24) is 10.6 Å². The van der Waals surface area contributed by atoms with Crippen molar-refractivity contribution >= 4 is 23.8 Å². The molecule has 154 valence electrons. The van der Waals surface area contributed by atoms with Gasteiger partial charge in [0.25, 0.3) is 11.8 Å². The van der Waals surface area contributed by atoms with Crippen LogP contribution in [-0.4, -0.2) is 36.0 Å². The zero-order valence-corrected chi connectivity index (χ0v) is 15.9. The molecule has 0 saturated heterocycles. The molecule has 0 aliphatic carbocycles. The summed E-state index contributed by atoms with van der Waals surface area (Å²) < 4.78 is 32.7. The number of benzene rings is 1. The first-order chi connectivity index (χ1) is 13.0. The summed E-state index contributed by atoms with van der Waals surface area (Å²) in [4.78, 5) is 47.6. The van der Waals surface area contributed by atoms with Gasteiger partial charge in [-0.15, -0.1) is 0 Å². The number of carbonyl (C=O) groups excluding carboxylic acids is 4. The third-order valence-electron chi connectivity index (χ3n) is 3.75. The van der Waals surface area contributed by atoms with E-state index in [1.807, 2.05) is 5.32 Å². The molecule has 1 aromatic carbocycles. The van der Waals surface area contributed by atoms with Crippen LogP contribution in [0, 0.1) is 23.5 Å². The van der Waals surface area contributed by atoms with Crippen LogP contribution in [0.4, 0.5) is 13.6 Å². The van der Waals surface area contributed by atoms with Crippen molar-refractivity contribution in [1.29, 1.82) is 0 Å². The van der Waals surface area contributed by atoms with Crippen LogP contribution in [0.5, 0.6) is 0 Å². The second-order valence-corrected chi connectivity index (χ2v) is 6.75. The molecular weight excluding hydrogens is 376 g/mol. The Balaban J connectivity index is 3.01. The predicted octanol–water partition coefficient (Wildman–Crippen LogP) is 1.48. The number of halogens is 2. The van der Waals surface area contributed by atoms with Gasteiger partial charge < -0.3 is 15.8 Å². The largest absolute Gasteiger partial charge is 0.450 e. The van der Waals surface area contributed by atoms with Gasteiger partial charge in [-0.1, -0.05) is 33.8 Å². The number of hydrogen-bond acceptors (Lipinski definition) is 5. The lowest BCUT2D eigenvalue weighted by Crippen LogP contribution is -2.50. The Bertz CT molecular complexity index is 747. The van der Waals surface area contributed by atoms with Gasteiger partial charge in [0, 0.05) is 0 Å². The highest BCUT2D eigenvalue weighted by Gasteiger charge is 2.33. The van der Waals surface area contributed by atoms with E-state index in [2.05, 4.69) is 5.32 Å². The first-order valence-corrected chi connectivity index (χ1v) is 8.51. The fourth-order valence-corrected chi connectivity index (χ4v) is 2.31. The molecule has 4 N–H and O–H groups in total. The quantitative estimate of drug-likeness (QED) is 0.599. The van der Waals surface area contributed by atoms with E-state index in [0.29, 0.717) is 0 Å². The monoisotopic (exact) mass is 399 g/mol. The van der Waals surface area contributed by atoms with Gasteiger partial charge in [-0.2, -0.15) is 0 Å². The molecule has 0 aliphatic rings. The smallest absolute Gasteiger partial charge is 0.329 e. The van der Waals surface area contributed by atoms with Crippen molar-refractivity contribution in [3.8, 4) is 0 Å². The lowest BCUT2D eigenvalue weighted by atomic mass is 10.0. The lowest BCUT2D eigenvalue weighted by Gasteiger charge is -2.25. The van der Waals surface area contributed by atoms with E-state index in [4.69, 9.17) is 10.5 Å². The topological polar surface area (TPSA) is 128 Å². The molecule has 10 heteroatoms. The number of amides is 4. The van der Waals surface area contributed by atoms with Crippen LogP contribution in [0.15, 0.2) is 18.2 Å². The van der Waals surface area contributed by atoms with E-state index in [1.165, 1.54) is 0 Å². The van der Waals surface area contributed by atoms with Crippen LogP contribution >= 0.6 is 0 Å². The molecule has 4 amide bonds. The fourth-order valence-electron chi connectivity index (χ4n) is 2.31. The van der Waals surface area contributed by atoms with E-state index in [1.54, 1.807) is 27.7 Å². The molecule has 0 radical (unpaired) electrons. The van der Waals surface area contributed by atoms with E-state index in [0.717, 1.165) is 18.2 Å². The SMILES string of the molecule is CC(C)[C@H](NC(=O)c1c(F)cccc1F)C(=O)O[C@H](C(=O)NC(N)=O)C(C)C. The first-order valence-electron chi connectivity index (χ1n) is 8.51. The summed E-state index contributed by atoms with van der Waals surface area (Å²) in [5.74, 6) is -6.30. The minimum atomic E-state index is -1.36. The maximum absolute atomic E-state index is 13.8. The van der Waals surface area contributed by atoms with E-state index < -0.39 is 65.0 Å². The predicted molar refractivity (Wildman–Crippen MR) is 94.9 cm³/mol. The van der Waals surface area contributed by atoms with Gasteiger partial charge in [-0.05, 0) is 24.0 Å². The standard InChI is InChI=1S/C18H23F2N3O5/c1-8(2)13(22-15(24)12-10(19)6-5-7-11(12)20)17(26)28-14(9(3)4)16(25)23-18(21)27/h5-9,13-14H,1-4H3,(H,22,24)(H3,21,23,25,27)/t13-,14-/m0/s1. The highest BCUT2D eigenvalue weighted by molar-refractivity contribution is 5.99. The fraction of sp³-hybridized carbons (Fsp3) is 0.444. The number of hydrogen-bond donors (Lipinski definition) is 3. The van der Waals surface area contributed by atoms with Crippen LogP contribution in [-0.2, 0) is 14.3 Å². The van der Waals surface area contributed by atoms with E-state index in [-0.39, 0.29) is 0 Å². The van der Waals surface area contributed by atoms with Crippen molar-refractivity contribution in [2.75, 3.05) is 0 Å². The van der Waals surface area contributed by atoms with Crippen molar-refractivity contribution in [2.45, 2.75) is 39.8 Å². The molecule has 28 heavy (non-hydrogen) atoms. The van der Waals surface area contributed by atoms with E-state index >= 15 is 0 Å². The zero-order valence-electron chi connectivity index (χ0n) is 15.9. The number of esters is 1. The summed E-state index contributed by atoms with van der Waals surface area (Å²) in [5.41, 5.74) is 4.05. The van der Waals surface area contributed by atoms with Crippen LogP contribution in [0.2, 0.25) is 0 Å². The van der Waals surface area contributed by atoms with Gasteiger partial charge in [0.05, 0.1) is 0 Å². The van der Waals surface area contributed by atoms with Crippen molar-refractivity contribution in [3.63, 3.8) is 0 Å². The number of ether oxygens (including phenoxy) is 1. The number of rotatable bonds is 7. The number of nitrogens with one attached hydrogen (secondary N) is 2. The summed E-state index contributed by atoms with van der Waals surface area (Å²) >= 11 is 0. The van der Waals surface area contributed by atoms with Crippen LogP contribution < -0.4 is 16.4 Å². The van der Waals surface area contributed by atoms with Gasteiger partial charge in [-0.3, -0.25) is 14.9 Å². The number of primary amides is 1. The zero-order chi connectivity index (χ0) is 21.6. The molecule has 0 aromatic heterocycles. The Labute approximate surface area is 160 Å². The van der Waals surface area contributed by atoms with Gasteiger partial charge in [0.15, 0.2) is 6.10 Å². The third kappa shape index (κ3) is 6.00. The van der Waals surface area contributed by atoms with E-state index in [9.17, 15) is 28.0 Å². The van der Waals surface area contributed by atoms with Crippen molar-refractivity contribution < 1.29 is 32.7 Å². The highest BCUT2D eigenvalue weighted by Crippen LogP contribution is 2.15. The summed E-state index contributed by atoms with van der Waals surface area (Å²) in [6, 6.07) is 0.498. The molecule has 0 fully saturated rings. The molecule has 0 aliphatic heterocycles. The Morgan fingerprint density at radius 2 is 1.54 bits per heavy atom. The van der Waals surface area contributed by atoms with Crippen LogP contribution in [0.25, 0.3) is 0 Å². The number of carbonyl (C=O) groups is 4. The summed E-state index contributed by atoms with van der Waals surface area (Å²) in [5, 5.41) is 4.04. The molecule has 2 atom stereocenters. The van der Waals surface area contributed by atoms with Gasteiger partial charge in [0.1, 0.15) is 23.2 Å². The first kappa shape index (κ1) is 23.0. The lowest BCUT2D eigenvalue weighted by molar-refractivity contribution is -0.161. The van der Waals surface area contributed by atoms with Gasteiger partial charge in [0.2, 0.25) is 0 Å². The Morgan fingerprint density at radius 1 is 1.00 bits per heavy atom. The minimum absolute atomic E-state index is 0.518. The summed E-state index contributed by atoms with van der Waals surface area (Å²) in [6.07, 6.45) is -1.36. The Kier molecular flexibility index (Phi) is 8.02. The Hall–Kier alpha value is -3.04. The Morgan fingerprint density at radius 3 is 1.96 bits per heavy atom. The maximum Gasteiger partial charge on any atom is 0.329 e. The number of nitrogens with two attached hydrogens (primary N) is 1. The van der Waals surface area contributed by atoms with Crippen LogP contribution in [0.1, 0.15) is 38.1 Å². The molecule has 0 saturated carbocycles. The maximum atomic E-state index is 13.8.